The maximum Gasteiger partial charge on any atom is 0.416 e. The minimum absolute atomic E-state index is 0.203. The summed E-state index contributed by atoms with van der Waals surface area (Å²) in [6.07, 6.45) is 0.0510. The van der Waals surface area contributed by atoms with Crippen LogP contribution in [0.4, 0.5) is 18.9 Å². The Labute approximate surface area is 116 Å². The van der Waals surface area contributed by atoms with Crippen LogP contribution < -0.4 is 5.32 Å². The zero-order valence-corrected chi connectivity index (χ0v) is 11.5. The van der Waals surface area contributed by atoms with Crippen molar-refractivity contribution in [3.63, 3.8) is 0 Å². The van der Waals surface area contributed by atoms with Gasteiger partial charge < -0.3 is 5.32 Å². The SMILES string of the molecule is CC1CCCCC1Nc1cc(C(F)(F)F)ccc1Cl. The first-order valence-corrected chi connectivity index (χ1v) is 6.89. The van der Waals surface area contributed by atoms with Gasteiger partial charge in [0.05, 0.1) is 16.3 Å². The topological polar surface area (TPSA) is 12.0 Å². The number of hydrogen-bond acceptors (Lipinski definition) is 1. The Morgan fingerprint density at radius 3 is 2.53 bits per heavy atom. The molecule has 0 radical (unpaired) electrons. The number of benzene rings is 1. The Bertz CT molecular complexity index is 445. The van der Waals surface area contributed by atoms with Gasteiger partial charge in [-0.25, -0.2) is 0 Å². The summed E-state index contributed by atoms with van der Waals surface area (Å²) in [5.41, 5.74) is -0.280. The van der Waals surface area contributed by atoms with Crippen molar-refractivity contribution in [3.8, 4) is 0 Å². The highest BCUT2D eigenvalue weighted by atomic mass is 35.5. The average molecular weight is 292 g/mol. The van der Waals surface area contributed by atoms with Crippen LogP contribution in [0, 0.1) is 5.92 Å². The molecule has 19 heavy (non-hydrogen) atoms. The van der Waals surface area contributed by atoms with E-state index in [1.165, 1.54) is 12.5 Å². The number of hydrogen-bond donors (Lipinski definition) is 1. The van der Waals surface area contributed by atoms with E-state index in [4.69, 9.17) is 11.6 Å². The van der Waals surface area contributed by atoms with Crippen molar-refractivity contribution in [3.05, 3.63) is 28.8 Å². The van der Waals surface area contributed by atoms with Gasteiger partial charge in [-0.1, -0.05) is 31.4 Å². The number of nitrogens with one attached hydrogen (secondary N) is 1. The second kappa shape index (κ2) is 5.61. The van der Waals surface area contributed by atoms with Crippen molar-refractivity contribution in [1.29, 1.82) is 0 Å². The summed E-state index contributed by atoms with van der Waals surface area (Å²) in [5.74, 6) is 0.458. The highest BCUT2D eigenvalue weighted by Crippen LogP contribution is 2.35. The summed E-state index contributed by atoms with van der Waals surface area (Å²) >= 11 is 5.98. The molecule has 1 aromatic rings. The summed E-state index contributed by atoms with van der Waals surface area (Å²) in [6, 6.07) is 3.62. The second-order valence-electron chi connectivity index (χ2n) is 5.20. The normalized spacial score (nSPS) is 24.3. The molecule has 1 nitrogen and oxygen atoms in total. The monoisotopic (exact) mass is 291 g/mol. The van der Waals surface area contributed by atoms with Gasteiger partial charge in [0.15, 0.2) is 0 Å². The molecular formula is C14H17ClF3N. The van der Waals surface area contributed by atoms with Crippen LogP contribution >= 0.6 is 11.6 Å². The standard InChI is InChI=1S/C14H17ClF3N/c1-9-4-2-3-5-12(9)19-13-8-10(14(16,17)18)6-7-11(13)15/h6-9,12,19H,2-5H2,1H3. The summed E-state index contributed by atoms with van der Waals surface area (Å²) in [4.78, 5) is 0. The fraction of sp³-hybridized carbons (Fsp3) is 0.571. The van der Waals surface area contributed by atoms with Crippen LogP contribution in [0.5, 0.6) is 0 Å². The van der Waals surface area contributed by atoms with E-state index in [1.807, 2.05) is 0 Å². The van der Waals surface area contributed by atoms with Crippen molar-refractivity contribution >= 4 is 17.3 Å². The van der Waals surface area contributed by atoms with Gasteiger partial charge in [-0.3, -0.25) is 0 Å². The first-order valence-electron chi connectivity index (χ1n) is 6.51. The van der Waals surface area contributed by atoms with Gasteiger partial charge in [-0.15, -0.1) is 0 Å². The van der Waals surface area contributed by atoms with E-state index >= 15 is 0 Å². The van der Waals surface area contributed by atoms with Crippen LogP contribution in [-0.4, -0.2) is 6.04 Å². The van der Waals surface area contributed by atoms with Gasteiger partial charge in [-0.2, -0.15) is 13.2 Å². The maximum atomic E-state index is 12.7. The van der Waals surface area contributed by atoms with E-state index in [1.54, 1.807) is 0 Å². The van der Waals surface area contributed by atoms with Crippen molar-refractivity contribution < 1.29 is 13.2 Å². The Morgan fingerprint density at radius 1 is 1.21 bits per heavy atom. The molecule has 106 valence electrons. The van der Waals surface area contributed by atoms with E-state index in [0.717, 1.165) is 31.4 Å². The zero-order chi connectivity index (χ0) is 14.0. The molecule has 0 bridgehead atoms. The van der Waals surface area contributed by atoms with Gasteiger partial charge in [0.2, 0.25) is 0 Å². The van der Waals surface area contributed by atoms with Gasteiger partial charge in [0.1, 0.15) is 0 Å². The van der Waals surface area contributed by atoms with Crippen LogP contribution in [0.1, 0.15) is 38.2 Å². The van der Waals surface area contributed by atoms with Crippen molar-refractivity contribution in [2.24, 2.45) is 5.92 Å². The van der Waals surface area contributed by atoms with Gasteiger partial charge >= 0.3 is 6.18 Å². The third kappa shape index (κ3) is 3.56. The molecule has 0 saturated heterocycles. The number of halogens is 4. The van der Waals surface area contributed by atoms with E-state index in [2.05, 4.69) is 12.2 Å². The van der Waals surface area contributed by atoms with E-state index in [-0.39, 0.29) is 6.04 Å². The third-order valence-corrected chi connectivity index (χ3v) is 4.08. The predicted molar refractivity (Wildman–Crippen MR) is 71.5 cm³/mol. The van der Waals surface area contributed by atoms with E-state index < -0.39 is 11.7 Å². The summed E-state index contributed by atoms with van der Waals surface area (Å²) in [7, 11) is 0. The first kappa shape index (κ1) is 14.5. The largest absolute Gasteiger partial charge is 0.416 e. The predicted octanol–water partition coefficient (Wildman–Crippen LogP) is 5.35. The lowest BCUT2D eigenvalue weighted by atomic mass is 9.86. The second-order valence-corrected chi connectivity index (χ2v) is 5.61. The molecule has 0 amide bonds. The molecule has 1 aliphatic carbocycles. The third-order valence-electron chi connectivity index (χ3n) is 3.75. The summed E-state index contributed by atoms with van der Waals surface area (Å²) in [5, 5.41) is 3.52. The van der Waals surface area contributed by atoms with Gasteiger partial charge in [-0.05, 0) is 37.0 Å². The Balaban J connectivity index is 2.19. The highest BCUT2D eigenvalue weighted by Gasteiger charge is 2.31. The minimum atomic E-state index is -4.33. The van der Waals surface area contributed by atoms with Crippen molar-refractivity contribution in [1.82, 2.24) is 0 Å². The lowest BCUT2D eigenvalue weighted by molar-refractivity contribution is -0.137. The molecule has 1 fully saturated rings. The Morgan fingerprint density at radius 2 is 1.89 bits per heavy atom. The smallest absolute Gasteiger partial charge is 0.381 e. The Hall–Kier alpha value is -0.900. The van der Waals surface area contributed by atoms with E-state index in [9.17, 15) is 13.2 Å². The van der Waals surface area contributed by atoms with Crippen LogP contribution in [0.15, 0.2) is 18.2 Å². The number of alkyl halides is 3. The molecule has 0 spiro atoms. The molecule has 1 aliphatic rings. The average Bonchev–Trinajstić information content (AvgIpc) is 2.33. The fourth-order valence-corrected chi connectivity index (χ4v) is 2.71. The molecule has 1 aromatic carbocycles. The highest BCUT2D eigenvalue weighted by molar-refractivity contribution is 6.33. The summed E-state index contributed by atoms with van der Waals surface area (Å²) < 4.78 is 38.1. The molecule has 2 rings (SSSR count). The molecular weight excluding hydrogens is 275 g/mol. The van der Waals surface area contributed by atoms with Crippen LogP contribution in [0.25, 0.3) is 0 Å². The number of rotatable bonds is 2. The molecule has 1 N–H and O–H groups in total. The quantitative estimate of drug-likeness (QED) is 0.774. The lowest BCUT2D eigenvalue weighted by Gasteiger charge is -2.30. The minimum Gasteiger partial charge on any atom is -0.381 e. The molecule has 2 atom stereocenters. The molecule has 5 heteroatoms. The first-order chi connectivity index (χ1) is 8.88. The maximum absolute atomic E-state index is 12.7. The lowest BCUT2D eigenvalue weighted by Crippen LogP contribution is -2.30. The fourth-order valence-electron chi connectivity index (χ4n) is 2.54. The van der Waals surface area contributed by atoms with E-state index in [0.29, 0.717) is 16.6 Å². The van der Waals surface area contributed by atoms with Crippen molar-refractivity contribution in [2.75, 3.05) is 5.32 Å². The van der Waals surface area contributed by atoms with Crippen molar-refractivity contribution in [2.45, 2.75) is 44.8 Å². The molecule has 1 saturated carbocycles. The molecule has 2 unspecified atom stereocenters. The summed E-state index contributed by atoms with van der Waals surface area (Å²) in [6.45, 7) is 2.12. The van der Waals surface area contributed by atoms with Crippen LogP contribution in [0.3, 0.4) is 0 Å². The van der Waals surface area contributed by atoms with Gasteiger partial charge in [0, 0.05) is 6.04 Å². The molecule has 0 aliphatic heterocycles. The van der Waals surface area contributed by atoms with Crippen LogP contribution in [0.2, 0.25) is 5.02 Å². The zero-order valence-electron chi connectivity index (χ0n) is 10.7. The Kier molecular flexibility index (Phi) is 4.29. The van der Waals surface area contributed by atoms with Gasteiger partial charge in [0.25, 0.3) is 0 Å². The van der Waals surface area contributed by atoms with Crippen LogP contribution in [-0.2, 0) is 6.18 Å². The number of anilines is 1. The molecule has 0 heterocycles. The molecule has 0 aromatic heterocycles.